The summed E-state index contributed by atoms with van der Waals surface area (Å²) in [4.78, 5) is 3.68. The van der Waals surface area contributed by atoms with Crippen LogP contribution in [0.1, 0.15) is 0 Å². The molecule has 0 atom stereocenters. The van der Waals surface area contributed by atoms with Gasteiger partial charge in [-0.1, -0.05) is 0 Å². The van der Waals surface area contributed by atoms with Crippen molar-refractivity contribution in [2.24, 2.45) is 7.05 Å². The molecule has 0 spiro atoms. The first-order chi connectivity index (χ1) is 4.22. The van der Waals surface area contributed by atoms with Crippen molar-refractivity contribution in [3.63, 3.8) is 0 Å². The molecule has 1 aromatic rings. The minimum absolute atomic E-state index is 0.259. The van der Waals surface area contributed by atoms with Crippen molar-refractivity contribution in [3.8, 4) is 0 Å². The minimum atomic E-state index is -1.47. The number of hydrogen-bond donors (Lipinski definition) is 2. The highest BCUT2D eigenvalue weighted by Crippen LogP contribution is 1.76. The van der Waals surface area contributed by atoms with E-state index in [1.54, 1.807) is 17.8 Å². The first-order valence-electron chi connectivity index (χ1n) is 2.55. The Morgan fingerprint density at radius 3 is 2.56 bits per heavy atom. The predicted octanol–water partition coefficient (Wildman–Crippen LogP) is -1.90. The predicted molar refractivity (Wildman–Crippen MR) is 33.0 cm³/mol. The molecule has 0 aliphatic rings. The van der Waals surface area contributed by atoms with Gasteiger partial charge in [0.1, 0.15) is 5.72 Å². The van der Waals surface area contributed by atoms with E-state index in [9.17, 15) is 0 Å². The molecule has 0 aliphatic carbocycles. The summed E-state index contributed by atoms with van der Waals surface area (Å²) in [5.41, 5.74) is 0.259. The molecule has 0 fully saturated rings. The number of aryl methyl sites for hydroxylation is 1. The van der Waals surface area contributed by atoms with Crippen LogP contribution in [-0.2, 0) is 7.05 Å². The van der Waals surface area contributed by atoms with Gasteiger partial charge in [-0.3, -0.25) is 0 Å². The summed E-state index contributed by atoms with van der Waals surface area (Å²) in [6, 6.07) is 0. The van der Waals surface area contributed by atoms with E-state index in [-0.39, 0.29) is 5.72 Å². The number of imidazole rings is 1. The molecule has 0 unspecified atom stereocenters. The monoisotopic (exact) mass is 126 g/mol. The Morgan fingerprint density at radius 2 is 2.33 bits per heavy atom. The zero-order chi connectivity index (χ0) is 6.85. The van der Waals surface area contributed by atoms with Gasteiger partial charge in [-0.2, -0.15) is 0 Å². The van der Waals surface area contributed by atoms with Crippen LogP contribution in [0, 0.1) is 0 Å². The molecular weight excluding hydrogens is 119 g/mol. The lowest BCUT2D eigenvalue weighted by atomic mass is 9.91. The lowest BCUT2D eigenvalue weighted by Crippen LogP contribution is -2.36. The molecule has 1 aromatic heterocycles. The first kappa shape index (κ1) is 6.32. The normalized spacial score (nSPS) is 9.67. The second-order valence-electron chi connectivity index (χ2n) is 1.77. The summed E-state index contributed by atoms with van der Waals surface area (Å²) in [5, 5.41) is 17.1. The van der Waals surface area contributed by atoms with Crippen molar-refractivity contribution in [2.45, 2.75) is 0 Å². The van der Waals surface area contributed by atoms with Crippen LogP contribution in [0.4, 0.5) is 0 Å². The lowest BCUT2D eigenvalue weighted by Gasteiger charge is -1.96. The molecule has 48 valence electrons. The van der Waals surface area contributed by atoms with Crippen molar-refractivity contribution >= 4 is 12.8 Å². The highest BCUT2D eigenvalue weighted by atomic mass is 16.4. The van der Waals surface area contributed by atoms with Crippen LogP contribution < -0.4 is 5.72 Å². The van der Waals surface area contributed by atoms with Crippen molar-refractivity contribution in [2.75, 3.05) is 0 Å². The van der Waals surface area contributed by atoms with Gasteiger partial charge in [0, 0.05) is 19.4 Å². The second-order valence-corrected chi connectivity index (χ2v) is 1.77. The largest absolute Gasteiger partial charge is 0.526 e. The van der Waals surface area contributed by atoms with E-state index in [4.69, 9.17) is 10.0 Å². The standard InChI is InChI=1S/C4H7BN2O2/c1-7-3-2-6-4(7)5(8)9/h2-3,8-9H,1H3. The number of hydrogen-bond acceptors (Lipinski definition) is 3. The van der Waals surface area contributed by atoms with Gasteiger partial charge in [0.15, 0.2) is 0 Å². The van der Waals surface area contributed by atoms with E-state index in [0.29, 0.717) is 0 Å². The second kappa shape index (κ2) is 2.20. The third-order valence-electron chi connectivity index (χ3n) is 1.09. The average molecular weight is 126 g/mol. The summed E-state index contributed by atoms with van der Waals surface area (Å²) in [6.45, 7) is 0. The van der Waals surface area contributed by atoms with Gasteiger partial charge in [0.2, 0.25) is 0 Å². The van der Waals surface area contributed by atoms with Crippen molar-refractivity contribution < 1.29 is 10.0 Å². The van der Waals surface area contributed by atoms with Gasteiger partial charge in [0.25, 0.3) is 0 Å². The number of nitrogens with zero attached hydrogens (tertiary/aromatic N) is 2. The Kier molecular flexibility index (Phi) is 1.55. The molecule has 0 saturated heterocycles. The highest BCUT2D eigenvalue weighted by Gasteiger charge is 2.14. The Balaban J connectivity index is 2.94. The van der Waals surface area contributed by atoms with Gasteiger partial charge < -0.3 is 14.6 Å². The third-order valence-corrected chi connectivity index (χ3v) is 1.09. The molecule has 2 N–H and O–H groups in total. The van der Waals surface area contributed by atoms with Crippen LogP contribution in [-0.4, -0.2) is 26.7 Å². The molecule has 0 amide bonds. The van der Waals surface area contributed by atoms with E-state index in [2.05, 4.69) is 4.98 Å². The average Bonchev–Trinajstić information content (AvgIpc) is 2.13. The number of rotatable bonds is 1. The smallest absolute Gasteiger partial charge is 0.421 e. The molecule has 9 heavy (non-hydrogen) atoms. The summed E-state index contributed by atoms with van der Waals surface area (Å²) < 4.78 is 1.55. The molecule has 0 radical (unpaired) electrons. The fourth-order valence-corrected chi connectivity index (χ4v) is 0.626. The fourth-order valence-electron chi connectivity index (χ4n) is 0.626. The zero-order valence-electron chi connectivity index (χ0n) is 5.02. The maximum atomic E-state index is 8.57. The van der Waals surface area contributed by atoms with Gasteiger partial charge >= 0.3 is 7.12 Å². The molecule has 1 heterocycles. The van der Waals surface area contributed by atoms with Gasteiger partial charge in [0.05, 0.1) is 0 Å². The van der Waals surface area contributed by atoms with E-state index >= 15 is 0 Å². The van der Waals surface area contributed by atoms with E-state index in [1.165, 1.54) is 6.20 Å². The van der Waals surface area contributed by atoms with Gasteiger partial charge in [-0.05, 0) is 0 Å². The minimum Gasteiger partial charge on any atom is -0.421 e. The maximum Gasteiger partial charge on any atom is 0.526 e. The Labute approximate surface area is 52.9 Å². The molecule has 0 bridgehead atoms. The van der Waals surface area contributed by atoms with Crippen LogP contribution in [0.25, 0.3) is 0 Å². The lowest BCUT2D eigenvalue weighted by molar-refractivity contribution is 0.421. The molecular formula is C4H7BN2O2. The summed E-state index contributed by atoms with van der Waals surface area (Å²) >= 11 is 0. The Morgan fingerprint density at radius 1 is 1.67 bits per heavy atom. The molecule has 0 saturated carbocycles. The van der Waals surface area contributed by atoms with Crippen LogP contribution in [0.2, 0.25) is 0 Å². The summed E-state index contributed by atoms with van der Waals surface area (Å²) in [5.74, 6) is 0. The first-order valence-corrected chi connectivity index (χ1v) is 2.55. The van der Waals surface area contributed by atoms with Gasteiger partial charge in [-0.15, -0.1) is 0 Å². The van der Waals surface area contributed by atoms with E-state index < -0.39 is 7.12 Å². The quantitative estimate of drug-likeness (QED) is 0.432. The number of aromatic nitrogens is 2. The van der Waals surface area contributed by atoms with Crippen molar-refractivity contribution in [3.05, 3.63) is 12.4 Å². The van der Waals surface area contributed by atoms with Crippen LogP contribution in [0.15, 0.2) is 12.4 Å². The van der Waals surface area contributed by atoms with Crippen LogP contribution in [0.5, 0.6) is 0 Å². The van der Waals surface area contributed by atoms with E-state index in [0.717, 1.165) is 0 Å². The van der Waals surface area contributed by atoms with Crippen molar-refractivity contribution in [1.82, 2.24) is 9.55 Å². The van der Waals surface area contributed by atoms with E-state index in [1.807, 2.05) is 0 Å². The van der Waals surface area contributed by atoms with Gasteiger partial charge in [-0.25, -0.2) is 4.98 Å². The van der Waals surface area contributed by atoms with Crippen LogP contribution in [0.3, 0.4) is 0 Å². The van der Waals surface area contributed by atoms with Crippen molar-refractivity contribution in [1.29, 1.82) is 0 Å². The molecule has 5 heteroatoms. The molecule has 1 rings (SSSR count). The molecule has 0 aliphatic heterocycles. The zero-order valence-corrected chi connectivity index (χ0v) is 5.02. The molecule has 0 aromatic carbocycles. The fraction of sp³-hybridized carbons (Fsp3) is 0.250. The van der Waals surface area contributed by atoms with Crippen LogP contribution >= 0.6 is 0 Å². The highest BCUT2D eigenvalue weighted by molar-refractivity contribution is 6.56. The summed E-state index contributed by atoms with van der Waals surface area (Å²) in [7, 11) is 0.229. The SMILES string of the molecule is Cn1ccnc1B(O)O. The topological polar surface area (TPSA) is 58.3 Å². The Bertz CT molecular complexity index is 198. The summed E-state index contributed by atoms with van der Waals surface area (Å²) in [6.07, 6.45) is 3.16. The maximum absolute atomic E-state index is 8.57. The Hall–Kier alpha value is -0.805. The third kappa shape index (κ3) is 1.12. The molecule has 4 nitrogen and oxygen atoms in total.